The molecule has 0 nitrogen and oxygen atoms in total. The second-order valence-corrected chi connectivity index (χ2v) is 4.54. The van der Waals surface area contributed by atoms with Gasteiger partial charge in [0.25, 0.3) is 0 Å². The van der Waals surface area contributed by atoms with Gasteiger partial charge in [-0.3, -0.25) is 0 Å². The van der Waals surface area contributed by atoms with Gasteiger partial charge in [0.1, 0.15) is 0 Å². The van der Waals surface area contributed by atoms with E-state index in [-0.39, 0.29) is 12.8 Å². The molecular weight excluding hydrogens is 182 g/mol. The van der Waals surface area contributed by atoms with E-state index < -0.39 is 5.92 Å². The number of hydrogen-bond acceptors (Lipinski definition) is 0. The molecule has 1 saturated carbocycles. The van der Waals surface area contributed by atoms with Crippen LogP contribution in [0.1, 0.15) is 70.6 Å². The van der Waals surface area contributed by atoms with Crippen LogP contribution in [0.2, 0.25) is 0 Å². The zero-order chi connectivity index (χ0) is 10.3. The van der Waals surface area contributed by atoms with Crippen molar-refractivity contribution < 1.29 is 8.78 Å². The lowest BCUT2D eigenvalue weighted by Gasteiger charge is -2.16. The fraction of sp³-hybridized carbons (Fsp3) is 1.00. The van der Waals surface area contributed by atoms with Crippen LogP contribution in [0, 0.1) is 0 Å². The lowest BCUT2D eigenvalue weighted by atomic mass is 9.99. The SMILES string of the molecule is FC1(F)CCCCCCCCCCC1. The smallest absolute Gasteiger partial charge is 0.207 e. The summed E-state index contributed by atoms with van der Waals surface area (Å²) >= 11 is 0. The van der Waals surface area contributed by atoms with E-state index >= 15 is 0 Å². The molecule has 0 aliphatic heterocycles. The summed E-state index contributed by atoms with van der Waals surface area (Å²) in [5.74, 6) is -2.38. The third kappa shape index (κ3) is 5.56. The van der Waals surface area contributed by atoms with Gasteiger partial charge in [0, 0.05) is 12.8 Å². The van der Waals surface area contributed by atoms with Gasteiger partial charge >= 0.3 is 0 Å². The Bertz CT molecular complexity index is 129. The van der Waals surface area contributed by atoms with Crippen LogP contribution >= 0.6 is 0 Å². The van der Waals surface area contributed by atoms with Gasteiger partial charge in [-0.05, 0) is 12.8 Å². The number of rotatable bonds is 0. The molecule has 0 atom stereocenters. The highest BCUT2D eigenvalue weighted by Gasteiger charge is 2.26. The monoisotopic (exact) mass is 204 g/mol. The molecule has 0 aromatic rings. The summed E-state index contributed by atoms with van der Waals surface area (Å²) in [5.41, 5.74) is 0. The minimum Gasteiger partial charge on any atom is -0.207 e. The zero-order valence-corrected chi connectivity index (χ0v) is 9.03. The van der Waals surface area contributed by atoms with Crippen molar-refractivity contribution in [2.45, 2.75) is 76.6 Å². The minimum absolute atomic E-state index is 0.118. The molecule has 1 aliphatic rings. The molecule has 0 aromatic carbocycles. The molecule has 0 amide bonds. The van der Waals surface area contributed by atoms with Crippen molar-refractivity contribution in [3.05, 3.63) is 0 Å². The highest BCUT2D eigenvalue weighted by molar-refractivity contribution is 4.67. The second kappa shape index (κ2) is 6.36. The summed E-state index contributed by atoms with van der Waals surface area (Å²) < 4.78 is 26.4. The van der Waals surface area contributed by atoms with Crippen molar-refractivity contribution in [1.82, 2.24) is 0 Å². The molecule has 1 aliphatic carbocycles. The van der Waals surface area contributed by atoms with Crippen LogP contribution in [0.5, 0.6) is 0 Å². The Labute approximate surface area is 86.1 Å². The van der Waals surface area contributed by atoms with Crippen molar-refractivity contribution in [3.63, 3.8) is 0 Å². The maximum absolute atomic E-state index is 13.2. The molecule has 84 valence electrons. The molecule has 2 heteroatoms. The van der Waals surface area contributed by atoms with Crippen LogP contribution in [-0.4, -0.2) is 5.92 Å². The van der Waals surface area contributed by atoms with Gasteiger partial charge in [-0.25, -0.2) is 8.78 Å². The Balaban J connectivity index is 2.24. The van der Waals surface area contributed by atoms with Crippen molar-refractivity contribution in [2.75, 3.05) is 0 Å². The largest absolute Gasteiger partial charge is 0.248 e. The maximum Gasteiger partial charge on any atom is 0.248 e. The average molecular weight is 204 g/mol. The molecule has 1 rings (SSSR count). The highest BCUT2D eigenvalue weighted by Crippen LogP contribution is 2.29. The van der Waals surface area contributed by atoms with E-state index in [0.29, 0.717) is 12.8 Å². The lowest BCUT2D eigenvalue weighted by Crippen LogP contribution is -2.15. The van der Waals surface area contributed by atoms with E-state index in [2.05, 4.69) is 0 Å². The number of halogens is 2. The molecule has 0 unspecified atom stereocenters. The van der Waals surface area contributed by atoms with Crippen LogP contribution in [0.4, 0.5) is 8.78 Å². The van der Waals surface area contributed by atoms with E-state index in [0.717, 1.165) is 25.7 Å². The highest BCUT2D eigenvalue weighted by atomic mass is 19.3. The topological polar surface area (TPSA) is 0 Å². The Morgan fingerprint density at radius 1 is 0.500 bits per heavy atom. The first kappa shape index (κ1) is 11.9. The summed E-state index contributed by atoms with van der Waals surface area (Å²) in [6.45, 7) is 0. The third-order valence-corrected chi connectivity index (χ3v) is 3.09. The Hall–Kier alpha value is -0.140. The van der Waals surface area contributed by atoms with Crippen LogP contribution in [0.15, 0.2) is 0 Å². The molecule has 0 radical (unpaired) electrons. The molecule has 1 fully saturated rings. The van der Waals surface area contributed by atoms with E-state index in [9.17, 15) is 8.78 Å². The van der Waals surface area contributed by atoms with Gasteiger partial charge in [0.15, 0.2) is 0 Å². The molecular formula is C12H22F2. The standard InChI is InChI=1S/C12H22F2/c13-12(14)10-8-6-4-2-1-3-5-7-9-11-12/h1-11H2. The Kier molecular flexibility index (Phi) is 5.42. The van der Waals surface area contributed by atoms with E-state index in [4.69, 9.17) is 0 Å². The normalized spacial score (nSPS) is 26.1. The van der Waals surface area contributed by atoms with Crippen molar-refractivity contribution in [3.8, 4) is 0 Å². The molecule has 0 bridgehead atoms. The van der Waals surface area contributed by atoms with Crippen molar-refractivity contribution in [1.29, 1.82) is 0 Å². The van der Waals surface area contributed by atoms with E-state index in [1.54, 1.807) is 0 Å². The van der Waals surface area contributed by atoms with Crippen molar-refractivity contribution >= 4 is 0 Å². The summed E-state index contributed by atoms with van der Waals surface area (Å²) in [4.78, 5) is 0. The zero-order valence-electron chi connectivity index (χ0n) is 9.03. The van der Waals surface area contributed by atoms with E-state index in [1.807, 2.05) is 0 Å². The van der Waals surface area contributed by atoms with Gasteiger partial charge in [-0.2, -0.15) is 0 Å². The molecule has 0 heterocycles. The predicted octanol–water partition coefficient (Wildman–Crippen LogP) is 4.93. The summed E-state index contributed by atoms with van der Waals surface area (Å²) in [6.07, 6.45) is 9.74. The average Bonchev–Trinajstić information content (AvgIpc) is 2.11. The molecule has 0 aromatic heterocycles. The quantitative estimate of drug-likeness (QED) is 0.525. The van der Waals surface area contributed by atoms with Crippen LogP contribution < -0.4 is 0 Å². The van der Waals surface area contributed by atoms with Gasteiger partial charge in [-0.1, -0.05) is 44.9 Å². The van der Waals surface area contributed by atoms with Crippen LogP contribution in [0.25, 0.3) is 0 Å². The molecule has 14 heavy (non-hydrogen) atoms. The van der Waals surface area contributed by atoms with Crippen LogP contribution in [-0.2, 0) is 0 Å². The fourth-order valence-corrected chi connectivity index (χ4v) is 2.13. The first-order valence-corrected chi connectivity index (χ1v) is 6.09. The maximum atomic E-state index is 13.2. The third-order valence-electron chi connectivity index (χ3n) is 3.09. The fourth-order valence-electron chi connectivity index (χ4n) is 2.13. The van der Waals surface area contributed by atoms with Gasteiger partial charge in [-0.15, -0.1) is 0 Å². The first-order valence-electron chi connectivity index (χ1n) is 6.09. The summed E-state index contributed by atoms with van der Waals surface area (Å²) in [7, 11) is 0. The number of alkyl halides is 2. The lowest BCUT2D eigenvalue weighted by molar-refractivity contribution is -0.0208. The predicted molar refractivity (Wildman–Crippen MR) is 55.7 cm³/mol. The summed E-state index contributed by atoms with van der Waals surface area (Å²) in [5, 5.41) is 0. The van der Waals surface area contributed by atoms with Gasteiger partial charge in [0.05, 0.1) is 0 Å². The van der Waals surface area contributed by atoms with Gasteiger partial charge < -0.3 is 0 Å². The first-order chi connectivity index (χ1) is 6.71. The number of hydrogen-bond donors (Lipinski definition) is 0. The van der Waals surface area contributed by atoms with Crippen LogP contribution in [0.3, 0.4) is 0 Å². The van der Waals surface area contributed by atoms with Gasteiger partial charge in [0.2, 0.25) is 5.92 Å². The molecule has 0 spiro atoms. The Morgan fingerprint density at radius 2 is 0.786 bits per heavy atom. The molecule has 0 saturated heterocycles. The molecule has 0 N–H and O–H groups in total. The Morgan fingerprint density at radius 3 is 1.14 bits per heavy atom. The van der Waals surface area contributed by atoms with Crippen molar-refractivity contribution in [2.24, 2.45) is 0 Å². The summed E-state index contributed by atoms with van der Waals surface area (Å²) in [6, 6.07) is 0. The van der Waals surface area contributed by atoms with E-state index in [1.165, 1.54) is 19.3 Å². The minimum atomic E-state index is -2.38. The second-order valence-electron chi connectivity index (χ2n) is 4.54.